The highest BCUT2D eigenvalue weighted by molar-refractivity contribution is 5.15. The Bertz CT molecular complexity index is 723. The first-order valence-corrected chi connectivity index (χ1v) is 16.9. The quantitative estimate of drug-likeness (QED) is 0.0934. The lowest BCUT2D eigenvalue weighted by atomic mass is 9.84. The molecule has 0 aliphatic carbocycles. The molecule has 0 fully saturated rings. The molecule has 2 atom stereocenters. The fourth-order valence-corrected chi connectivity index (χ4v) is 6.22. The number of hydrogen-bond donors (Lipinski definition) is 1. The Hall–Kier alpha value is -1.57. The molecule has 0 saturated carbocycles. The highest BCUT2D eigenvalue weighted by Crippen LogP contribution is 2.29. The molecule has 2 aromatic rings. The molecule has 0 amide bonds. The van der Waals surface area contributed by atoms with E-state index >= 15 is 0 Å². The number of nitrogens with zero attached hydrogens (tertiary/aromatic N) is 1. The summed E-state index contributed by atoms with van der Waals surface area (Å²) in [6, 6.07) is 11.9. The van der Waals surface area contributed by atoms with Gasteiger partial charge >= 0.3 is 0 Å². The summed E-state index contributed by atoms with van der Waals surface area (Å²) in [5.41, 5.74) is 1.51. The predicted molar refractivity (Wildman–Crippen MR) is 167 cm³/mol. The molecule has 1 N–H and O–H groups in total. The van der Waals surface area contributed by atoms with E-state index in [-0.39, 0.29) is 0 Å². The van der Waals surface area contributed by atoms with Crippen molar-refractivity contribution >= 4 is 0 Å². The van der Waals surface area contributed by atoms with Crippen molar-refractivity contribution in [1.82, 2.24) is 4.98 Å². The summed E-state index contributed by atoms with van der Waals surface area (Å²) in [7, 11) is 0. The van der Waals surface area contributed by atoms with E-state index in [2.05, 4.69) is 72.5 Å². The van der Waals surface area contributed by atoms with Crippen molar-refractivity contribution in [3.8, 4) is 0 Å². The van der Waals surface area contributed by atoms with Crippen LogP contribution in [0.1, 0.15) is 167 Å². The molecule has 2 heteroatoms. The molecular weight excluding hydrogens is 460 g/mol. The molecule has 216 valence electrons. The summed E-state index contributed by atoms with van der Waals surface area (Å²) in [5, 5.41) is 0. The topological polar surface area (TPSA) is 19.7 Å². The lowest BCUT2D eigenvalue weighted by Crippen LogP contribution is -2.42. The van der Waals surface area contributed by atoms with E-state index in [1.165, 1.54) is 153 Å². The van der Waals surface area contributed by atoms with Crippen LogP contribution in [0.15, 0.2) is 49.1 Å². The highest BCUT2D eigenvalue weighted by Gasteiger charge is 2.26. The molecule has 2 unspecified atom stereocenters. The van der Waals surface area contributed by atoms with Gasteiger partial charge in [-0.2, -0.15) is 0 Å². The van der Waals surface area contributed by atoms with Gasteiger partial charge in [-0.05, 0) is 31.2 Å². The number of aromatic nitrogens is 2. The number of unbranched alkanes of at least 4 members (excludes halogenated alkanes) is 18. The second-order valence-corrected chi connectivity index (χ2v) is 12.0. The smallest absolute Gasteiger partial charge is 0.241 e. The molecule has 1 aromatic heterocycles. The number of aromatic amines is 1. The fraction of sp³-hybridized carbons (Fsp3) is 0.750. The van der Waals surface area contributed by atoms with Crippen molar-refractivity contribution < 1.29 is 4.57 Å². The lowest BCUT2D eigenvalue weighted by molar-refractivity contribution is -0.730. The van der Waals surface area contributed by atoms with Crippen LogP contribution >= 0.6 is 0 Å². The minimum atomic E-state index is 0.606. The maximum Gasteiger partial charge on any atom is 0.241 e. The first kappa shape index (κ1) is 32.6. The van der Waals surface area contributed by atoms with Crippen LogP contribution in [0.3, 0.4) is 0 Å². The van der Waals surface area contributed by atoms with Crippen LogP contribution in [0.4, 0.5) is 0 Å². The van der Waals surface area contributed by atoms with Crippen LogP contribution in [0.25, 0.3) is 0 Å². The molecule has 0 saturated heterocycles. The third kappa shape index (κ3) is 15.7. The van der Waals surface area contributed by atoms with E-state index in [0.29, 0.717) is 12.0 Å². The van der Waals surface area contributed by atoms with Crippen molar-refractivity contribution in [2.75, 3.05) is 0 Å². The summed E-state index contributed by atoms with van der Waals surface area (Å²) in [4.78, 5) is 3.34. The van der Waals surface area contributed by atoms with Crippen LogP contribution in [0, 0.1) is 5.92 Å². The largest absolute Gasteiger partial charge is 0.250 e. The zero-order valence-corrected chi connectivity index (χ0v) is 25.5. The summed E-state index contributed by atoms with van der Waals surface area (Å²) < 4.78 is 2.50. The summed E-state index contributed by atoms with van der Waals surface area (Å²) in [5.74, 6) is 0.714. The Balaban J connectivity index is 1.78. The van der Waals surface area contributed by atoms with Gasteiger partial charge in [0.2, 0.25) is 6.33 Å². The van der Waals surface area contributed by atoms with E-state index in [1.54, 1.807) is 0 Å². The molecule has 2 nitrogen and oxygen atoms in total. The molecule has 0 aliphatic rings. The van der Waals surface area contributed by atoms with Crippen LogP contribution < -0.4 is 4.57 Å². The first-order chi connectivity index (χ1) is 18.8. The minimum absolute atomic E-state index is 0.606. The van der Waals surface area contributed by atoms with Crippen molar-refractivity contribution in [1.29, 1.82) is 0 Å². The SMILES string of the molecule is CCCCCCCCCCCCCC(Cc1ccccc1)C(CCCCCCCCCCC)[n+]1cc[nH]c1. The van der Waals surface area contributed by atoms with Gasteiger partial charge in [0, 0.05) is 5.92 Å². The third-order valence-corrected chi connectivity index (χ3v) is 8.62. The van der Waals surface area contributed by atoms with Crippen LogP contribution in [-0.4, -0.2) is 4.98 Å². The van der Waals surface area contributed by atoms with Gasteiger partial charge in [-0.1, -0.05) is 166 Å². The zero-order valence-electron chi connectivity index (χ0n) is 25.5. The minimum Gasteiger partial charge on any atom is -0.250 e. The zero-order chi connectivity index (χ0) is 26.9. The highest BCUT2D eigenvalue weighted by atomic mass is 15.1. The van der Waals surface area contributed by atoms with Crippen LogP contribution in [-0.2, 0) is 6.42 Å². The Morgan fingerprint density at radius 2 is 1.05 bits per heavy atom. The summed E-state index contributed by atoms with van der Waals surface area (Å²) >= 11 is 0. The van der Waals surface area contributed by atoms with Gasteiger partial charge < -0.3 is 0 Å². The van der Waals surface area contributed by atoms with Gasteiger partial charge in [0.05, 0.1) is 0 Å². The van der Waals surface area contributed by atoms with E-state index in [4.69, 9.17) is 0 Å². The van der Waals surface area contributed by atoms with Gasteiger partial charge in [-0.3, -0.25) is 4.98 Å². The number of H-pyrrole nitrogens is 1. The number of rotatable bonds is 26. The second-order valence-electron chi connectivity index (χ2n) is 12.0. The van der Waals surface area contributed by atoms with Crippen molar-refractivity contribution in [3.63, 3.8) is 0 Å². The van der Waals surface area contributed by atoms with E-state index in [9.17, 15) is 0 Å². The monoisotopic (exact) mass is 523 g/mol. The molecule has 0 bridgehead atoms. The van der Waals surface area contributed by atoms with Gasteiger partial charge in [0.15, 0.2) is 0 Å². The summed E-state index contributed by atoms with van der Waals surface area (Å²) in [6.45, 7) is 4.61. The Morgan fingerprint density at radius 1 is 0.579 bits per heavy atom. The van der Waals surface area contributed by atoms with E-state index < -0.39 is 0 Å². The van der Waals surface area contributed by atoms with Crippen molar-refractivity contribution in [2.45, 2.75) is 168 Å². The van der Waals surface area contributed by atoms with E-state index in [1.807, 2.05) is 0 Å². The normalized spacial score (nSPS) is 13.1. The maximum atomic E-state index is 3.34. The second kappa shape index (κ2) is 23.3. The number of hydrogen-bond acceptors (Lipinski definition) is 0. The Labute approximate surface area is 237 Å². The van der Waals surface area contributed by atoms with Gasteiger partial charge in [0.25, 0.3) is 0 Å². The molecular formula is C36H63N2+. The third-order valence-electron chi connectivity index (χ3n) is 8.62. The summed E-state index contributed by atoms with van der Waals surface area (Å²) in [6.07, 6.45) is 38.8. The standard InChI is InChI=1S/C36H62N2/c1-3-5-7-9-11-13-14-16-17-19-24-28-35(32-34-26-22-21-23-27-34)36(38-31-30-37-33-38)29-25-20-18-15-12-10-8-6-4-2/h21-23,26-27,30-31,33,35-36H,3-20,24-25,28-29,32H2,1-2H3/p+1. The first-order valence-electron chi connectivity index (χ1n) is 16.9. The molecule has 1 heterocycles. The van der Waals surface area contributed by atoms with Crippen molar-refractivity contribution in [3.05, 3.63) is 54.6 Å². The maximum absolute atomic E-state index is 3.34. The molecule has 1 aromatic carbocycles. The Morgan fingerprint density at radius 3 is 1.53 bits per heavy atom. The molecule has 38 heavy (non-hydrogen) atoms. The molecule has 0 spiro atoms. The molecule has 0 aliphatic heterocycles. The van der Waals surface area contributed by atoms with Gasteiger partial charge in [0.1, 0.15) is 18.4 Å². The predicted octanol–water partition coefficient (Wildman–Crippen LogP) is 11.3. The lowest BCUT2D eigenvalue weighted by Gasteiger charge is -2.25. The van der Waals surface area contributed by atoms with Gasteiger partial charge in [-0.25, -0.2) is 4.57 Å². The number of nitrogens with one attached hydrogen (secondary N) is 1. The van der Waals surface area contributed by atoms with Crippen LogP contribution in [0.5, 0.6) is 0 Å². The van der Waals surface area contributed by atoms with E-state index in [0.717, 1.165) is 0 Å². The average molecular weight is 524 g/mol. The fourth-order valence-electron chi connectivity index (χ4n) is 6.22. The van der Waals surface area contributed by atoms with Crippen LogP contribution in [0.2, 0.25) is 0 Å². The number of benzene rings is 1. The molecule has 2 rings (SSSR count). The molecule has 0 radical (unpaired) electrons. The number of imidazole rings is 1. The van der Waals surface area contributed by atoms with Gasteiger partial charge in [-0.15, -0.1) is 0 Å². The van der Waals surface area contributed by atoms with Crippen molar-refractivity contribution in [2.24, 2.45) is 5.92 Å². The Kier molecular flexibility index (Phi) is 20.0. The average Bonchev–Trinajstić information content (AvgIpc) is 3.48.